The van der Waals surface area contributed by atoms with E-state index in [9.17, 15) is 18.7 Å². The highest BCUT2D eigenvalue weighted by Crippen LogP contribution is 2.24. The molecule has 0 aliphatic rings. The van der Waals surface area contributed by atoms with Crippen molar-refractivity contribution in [3.05, 3.63) is 83.4 Å². The minimum absolute atomic E-state index is 0.0587. The summed E-state index contributed by atoms with van der Waals surface area (Å²) in [6, 6.07) is 14.7. The highest BCUT2D eigenvalue weighted by Gasteiger charge is 2.12. The van der Waals surface area contributed by atoms with E-state index in [-0.39, 0.29) is 29.3 Å². The van der Waals surface area contributed by atoms with Gasteiger partial charge in [-0.2, -0.15) is 0 Å². The molecule has 0 atom stereocenters. The smallest absolute Gasteiger partial charge is 0.335 e. The molecule has 0 fully saturated rings. The number of hydrogen-bond donors (Lipinski definition) is 1. The first-order chi connectivity index (χ1) is 12.0. The molecule has 6 heteroatoms. The predicted molar refractivity (Wildman–Crippen MR) is 87.3 cm³/mol. The van der Waals surface area contributed by atoms with Crippen LogP contribution in [0.3, 0.4) is 0 Å². The van der Waals surface area contributed by atoms with Crippen LogP contribution in [-0.2, 0) is 6.61 Å². The lowest BCUT2D eigenvalue weighted by Gasteiger charge is -2.09. The summed E-state index contributed by atoms with van der Waals surface area (Å²) in [6.07, 6.45) is 0. The van der Waals surface area contributed by atoms with Crippen LogP contribution in [0.1, 0.15) is 15.9 Å². The van der Waals surface area contributed by atoms with Crippen LogP contribution in [0.15, 0.2) is 60.7 Å². The molecule has 3 aromatic rings. The van der Waals surface area contributed by atoms with Crippen LogP contribution < -0.4 is 4.74 Å². The number of ether oxygens (including phenoxy) is 1. The van der Waals surface area contributed by atoms with Gasteiger partial charge in [0.1, 0.15) is 18.2 Å². The summed E-state index contributed by atoms with van der Waals surface area (Å²) in [5.74, 6) is -2.68. The van der Waals surface area contributed by atoms with Crippen LogP contribution in [0.2, 0.25) is 0 Å². The van der Waals surface area contributed by atoms with E-state index >= 15 is 0 Å². The average Bonchev–Trinajstić information content (AvgIpc) is 2.60. The zero-order chi connectivity index (χ0) is 17.8. The Morgan fingerprint density at radius 1 is 1.00 bits per heavy atom. The number of carboxylic acids is 1. The van der Waals surface area contributed by atoms with Crippen molar-refractivity contribution in [2.24, 2.45) is 0 Å². The van der Waals surface area contributed by atoms with E-state index in [1.807, 2.05) is 30.3 Å². The molecule has 0 aliphatic carbocycles. The van der Waals surface area contributed by atoms with Gasteiger partial charge in [0, 0.05) is 17.7 Å². The Morgan fingerprint density at radius 2 is 1.68 bits per heavy atom. The first-order valence-corrected chi connectivity index (χ1v) is 7.40. The number of aromatic carboxylic acids is 1. The molecule has 1 heterocycles. The molecule has 3 rings (SSSR count). The molecule has 0 aliphatic heterocycles. The number of aromatic nitrogens is 1. The Bertz CT molecular complexity index is 894. The second kappa shape index (κ2) is 7.09. The molecule has 126 valence electrons. The number of hydrogen-bond acceptors (Lipinski definition) is 3. The van der Waals surface area contributed by atoms with Crippen LogP contribution in [0.5, 0.6) is 5.88 Å². The van der Waals surface area contributed by atoms with Crippen molar-refractivity contribution in [1.29, 1.82) is 0 Å². The second-order valence-electron chi connectivity index (χ2n) is 5.32. The highest BCUT2D eigenvalue weighted by molar-refractivity contribution is 5.89. The number of rotatable bonds is 5. The Hall–Kier alpha value is -3.28. The van der Waals surface area contributed by atoms with Gasteiger partial charge in [-0.3, -0.25) is 0 Å². The fraction of sp³-hybridized carbons (Fsp3) is 0.0526. The van der Waals surface area contributed by atoms with Crippen LogP contribution >= 0.6 is 0 Å². The number of carbonyl (C=O) groups is 1. The lowest BCUT2D eigenvalue weighted by Crippen LogP contribution is -2.03. The monoisotopic (exact) mass is 341 g/mol. The van der Waals surface area contributed by atoms with Crippen molar-refractivity contribution in [3.63, 3.8) is 0 Å². The Labute approximate surface area is 142 Å². The second-order valence-corrected chi connectivity index (χ2v) is 5.32. The minimum atomic E-state index is -1.19. The van der Waals surface area contributed by atoms with E-state index in [0.29, 0.717) is 0 Å². The van der Waals surface area contributed by atoms with Gasteiger partial charge in [0.2, 0.25) is 5.88 Å². The zero-order valence-electron chi connectivity index (χ0n) is 12.9. The third-order valence-electron chi connectivity index (χ3n) is 3.44. The molecule has 0 saturated carbocycles. The number of halogens is 2. The maximum atomic E-state index is 13.4. The predicted octanol–water partition coefficient (Wildman–Crippen LogP) is 4.30. The molecule has 0 radical (unpaired) electrons. The number of pyridine rings is 1. The number of carboxylic acid groups (broad SMARTS) is 1. The Kier molecular flexibility index (Phi) is 4.70. The molecule has 0 bridgehead atoms. The molecular weight excluding hydrogens is 328 g/mol. The van der Waals surface area contributed by atoms with E-state index in [4.69, 9.17) is 4.74 Å². The van der Waals surface area contributed by atoms with Crippen LogP contribution in [0.4, 0.5) is 8.78 Å². The highest BCUT2D eigenvalue weighted by atomic mass is 19.1. The fourth-order valence-electron chi connectivity index (χ4n) is 2.28. The van der Waals surface area contributed by atoms with Gasteiger partial charge in [0.05, 0.1) is 11.3 Å². The Balaban J connectivity index is 1.95. The van der Waals surface area contributed by atoms with Gasteiger partial charge >= 0.3 is 5.97 Å². The zero-order valence-corrected chi connectivity index (χ0v) is 12.9. The molecule has 1 aromatic heterocycles. The van der Waals surface area contributed by atoms with E-state index in [0.717, 1.165) is 23.8 Å². The lowest BCUT2D eigenvalue weighted by molar-refractivity contribution is 0.0696. The molecule has 2 aromatic carbocycles. The largest absolute Gasteiger partial charge is 0.478 e. The minimum Gasteiger partial charge on any atom is -0.478 e. The third kappa shape index (κ3) is 4.17. The summed E-state index contributed by atoms with van der Waals surface area (Å²) in [7, 11) is 0. The van der Waals surface area contributed by atoms with Crippen LogP contribution in [-0.4, -0.2) is 16.1 Å². The van der Waals surface area contributed by atoms with Gasteiger partial charge in [-0.1, -0.05) is 30.3 Å². The van der Waals surface area contributed by atoms with Gasteiger partial charge in [0.15, 0.2) is 0 Å². The van der Waals surface area contributed by atoms with Crippen molar-refractivity contribution in [2.45, 2.75) is 6.61 Å². The van der Waals surface area contributed by atoms with Gasteiger partial charge in [-0.15, -0.1) is 0 Å². The molecule has 0 spiro atoms. The Morgan fingerprint density at radius 3 is 2.32 bits per heavy atom. The summed E-state index contributed by atoms with van der Waals surface area (Å²) in [5, 5.41) is 9.24. The van der Waals surface area contributed by atoms with Crippen molar-refractivity contribution >= 4 is 5.97 Å². The molecule has 0 saturated heterocycles. The first kappa shape index (κ1) is 16.6. The lowest BCUT2D eigenvalue weighted by atomic mass is 10.1. The molecule has 25 heavy (non-hydrogen) atoms. The third-order valence-corrected chi connectivity index (χ3v) is 3.44. The van der Waals surface area contributed by atoms with Gasteiger partial charge in [0.25, 0.3) is 0 Å². The maximum Gasteiger partial charge on any atom is 0.335 e. The van der Waals surface area contributed by atoms with Crippen LogP contribution in [0.25, 0.3) is 11.3 Å². The van der Waals surface area contributed by atoms with Crippen molar-refractivity contribution < 1.29 is 23.4 Å². The summed E-state index contributed by atoms with van der Waals surface area (Å²) in [4.78, 5) is 15.5. The van der Waals surface area contributed by atoms with Gasteiger partial charge < -0.3 is 9.84 Å². The SMILES string of the molecule is O=C(O)c1cc(OCc2ccccc2)nc(-c2cc(F)cc(F)c2)c1. The fourth-order valence-corrected chi connectivity index (χ4v) is 2.28. The van der Waals surface area contributed by atoms with Crippen molar-refractivity contribution in [3.8, 4) is 17.1 Å². The van der Waals surface area contributed by atoms with E-state index in [1.54, 1.807) is 0 Å². The van der Waals surface area contributed by atoms with Gasteiger partial charge in [-0.05, 0) is 23.8 Å². The van der Waals surface area contributed by atoms with E-state index in [2.05, 4.69) is 4.98 Å². The number of nitrogens with zero attached hydrogens (tertiary/aromatic N) is 1. The summed E-state index contributed by atoms with van der Waals surface area (Å²) >= 11 is 0. The van der Waals surface area contributed by atoms with Crippen molar-refractivity contribution in [1.82, 2.24) is 4.98 Å². The standard InChI is InChI=1S/C19H13F2NO3/c20-15-6-13(7-16(21)10-15)17-8-14(19(23)24)9-18(22-17)25-11-12-4-2-1-3-5-12/h1-10H,11H2,(H,23,24). The van der Waals surface area contributed by atoms with E-state index in [1.165, 1.54) is 12.1 Å². The maximum absolute atomic E-state index is 13.4. The average molecular weight is 341 g/mol. The summed E-state index contributed by atoms with van der Waals surface area (Å²) in [5.41, 5.74) is 1.03. The summed E-state index contributed by atoms with van der Waals surface area (Å²) in [6.45, 7) is 0.188. The normalized spacial score (nSPS) is 10.5. The topological polar surface area (TPSA) is 59.4 Å². The molecule has 0 unspecified atom stereocenters. The van der Waals surface area contributed by atoms with Crippen molar-refractivity contribution in [2.75, 3.05) is 0 Å². The first-order valence-electron chi connectivity index (χ1n) is 7.40. The van der Waals surface area contributed by atoms with Gasteiger partial charge in [-0.25, -0.2) is 18.6 Å². The molecular formula is C19H13F2NO3. The molecule has 1 N–H and O–H groups in total. The molecule has 4 nitrogen and oxygen atoms in total. The summed E-state index contributed by atoms with van der Waals surface area (Å²) < 4.78 is 32.4. The molecule has 0 amide bonds. The quantitative estimate of drug-likeness (QED) is 0.751. The van der Waals surface area contributed by atoms with Crippen LogP contribution in [0, 0.1) is 11.6 Å². The number of benzene rings is 2. The van der Waals surface area contributed by atoms with E-state index < -0.39 is 17.6 Å².